The third-order valence-corrected chi connectivity index (χ3v) is 8.02. The average molecular weight is 423 g/mol. The number of carbonyl (C=O) groups is 1. The van der Waals surface area contributed by atoms with Crippen molar-refractivity contribution in [3.05, 3.63) is 35.9 Å². The number of carbonyl (C=O) groups excluding carboxylic acids is 1. The molecule has 7 nitrogen and oxygen atoms in total. The summed E-state index contributed by atoms with van der Waals surface area (Å²) in [4.78, 5) is 17.2. The van der Waals surface area contributed by atoms with Crippen LogP contribution in [0, 0.1) is 0 Å². The van der Waals surface area contributed by atoms with E-state index >= 15 is 0 Å². The van der Waals surface area contributed by atoms with Gasteiger partial charge in [0.15, 0.2) is 0 Å². The standard InChI is InChI=1S/C21H34N4O3S/c1-3-29(27,28)25-15-13-24(14-16-25)18(2)21(26)22-20-9-11-23(12-10-20)17-19-7-5-4-6-8-19/h4-8,18,20H,3,9-17H2,1-2H3,(H,22,26). The third kappa shape index (κ3) is 6.01. The molecule has 29 heavy (non-hydrogen) atoms. The van der Waals surface area contributed by atoms with Crippen molar-refractivity contribution in [1.29, 1.82) is 0 Å². The minimum Gasteiger partial charge on any atom is -0.352 e. The van der Waals surface area contributed by atoms with Gasteiger partial charge in [0.2, 0.25) is 15.9 Å². The van der Waals surface area contributed by atoms with Crippen LogP contribution < -0.4 is 5.32 Å². The predicted octanol–water partition coefficient (Wildman–Crippen LogP) is 1.12. The van der Waals surface area contributed by atoms with Gasteiger partial charge in [0.1, 0.15) is 0 Å². The highest BCUT2D eigenvalue weighted by Crippen LogP contribution is 2.15. The number of nitrogens with zero attached hydrogens (tertiary/aromatic N) is 3. The molecule has 2 aliphatic rings. The van der Waals surface area contributed by atoms with Crippen molar-refractivity contribution in [2.45, 2.75) is 45.3 Å². The van der Waals surface area contributed by atoms with Gasteiger partial charge in [-0.3, -0.25) is 14.6 Å². The lowest BCUT2D eigenvalue weighted by Gasteiger charge is -2.38. The maximum Gasteiger partial charge on any atom is 0.237 e. The van der Waals surface area contributed by atoms with Crippen LogP contribution in [-0.4, -0.2) is 85.5 Å². The van der Waals surface area contributed by atoms with E-state index in [2.05, 4.69) is 39.4 Å². The number of amides is 1. The Labute approximate surface area is 175 Å². The topological polar surface area (TPSA) is 73.0 Å². The van der Waals surface area contributed by atoms with Crippen molar-refractivity contribution in [3.63, 3.8) is 0 Å². The van der Waals surface area contributed by atoms with E-state index in [1.165, 1.54) is 9.87 Å². The summed E-state index contributed by atoms with van der Waals surface area (Å²) in [6.45, 7) is 8.66. The van der Waals surface area contributed by atoms with E-state index < -0.39 is 10.0 Å². The van der Waals surface area contributed by atoms with E-state index in [0.717, 1.165) is 32.5 Å². The first-order chi connectivity index (χ1) is 13.9. The fraction of sp³-hybridized carbons (Fsp3) is 0.667. The fourth-order valence-electron chi connectivity index (χ4n) is 4.12. The van der Waals surface area contributed by atoms with Crippen molar-refractivity contribution in [2.75, 3.05) is 45.0 Å². The predicted molar refractivity (Wildman–Crippen MR) is 115 cm³/mol. The molecule has 0 bridgehead atoms. The lowest BCUT2D eigenvalue weighted by atomic mass is 10.0. The minimum atomic E-state index is -3.14. The van der Waals surface area contributed by atoms with Crippen molar-refractivity contribution in [3.8, 4) is 0 Å². The van der Waals surface area contributed by atoms with Gasteiger partial charge >= 0.3 is 0 Å². The van der Waals surface area contributed by atoms with Gasteiger partial charge in [-0.2, -0.15) is 4.31 Å². The Hall–Kier alpha value is -1.48. The van der Waals surface area contributed by atoms with Crippen molar-refractivity contribution < 1.29 is 13.2 Å². The molecule has 2 fully saturated rings. The van der Waals surface area contributed by atoms with Crippen molar-refractivity contribution in [1.82, 2.24) is 19.4 Å². The summed E-state index contributed by atoms with van der Waals surface area (Å²) < 4.78 is 25.5. The number of piperidine rings is 1. The molecule has 1 aromatic carbocycles. The summed E-state index contributed by atoms with van der Waals surface area (Å²) in [5.74, 6) is 0.185. The molecule has 3 rings (SSSR count). The summed E-state index contributed by atoms with van der Waals surface area (Å²) in [6.07, 6.45) is 1.93. The Kier molecular flexibility index (Phi) is 7.67. The second-order valence-electron chi connectivity index (χ2n) is 8.06. The first-order valence-electron chi connectivity index (χ1n) is 10.7. The zero-order valence-corrected chi connectivity index (χ0v) is 18.4. The third-order valence-electron chi connectivity index (χ3n) is 6.14. The number of nitrogens with one attached hydrogen (secondary N) is 1. The minimum absolute atomic E-state index is 0.0540. The van der Waals surface area contributed by atoms with E-state index in [1.54, 1.807) is 6.92 Å². The molecular weight excluding hydrogens is 388 g/mol. The second kappa shape index (κ2) is 10.0. The van der Waals surface area contributed by atoms with Gasteiger partial charge in [-0.05, 0) is 32.3 Å². The zero-order chi connectivity index (χ0) is 20.9. The molecule has 2 aliphatic heterocycles. The monoisotopic (exact) mass is 422 g/mol. The van der Waals surface area contributed by atoms with Crippen LogP contribution in [0.5, 0.6) is 0 Å². The molecule has 1 aromatic rings. The molecule has 2 heterocycles. The molecule has 1 amide bonds. The van der Waals surface area contributed by atoms with Crippen LogP contribution in [0.15, 0.2) is 30.3 Å². The summed E-state index contributed by atoms with van der Waals surface area (Å²) >= 11 is 0. The van der Waals surface area contributed by atoms with E-state index in [-0.39, 0.29) is 23.7 Å². The molecule has 8 heteroatoms. The largest absolute Gasteiger partial charge is 0.352 e. The van der Waals surface area contributed by atoms with Gasteiger partial charge < -0.3 is 5.32 Å². The zero-order valence-electron chi connectivity index (χ0n) is 17.6. The van der Waals surface area contributed by atoms with E-state index in [9.17, 15) is 13.2 Å². The maximum absolute atomic E-state index is 12.7. The summed E-state index contributed by atoms with van der Waals surface area (Å²) in [7, 11) is -3.14. The van der Waals surface area contributed by atoms with E-state index in [0.29, 0.717) is 26.2 Å². The Morgan fingerprint density at radius 2 is 1.69 bits per heavy atom. The number of hydrogen-bond donors (Lipinski definition) is 1. The Morgan fingerprint density at radius 3 is 2.28 bits per heavy atom. The molecule has 0 aromatic heterocycles. The van der Waals surface area contributed by atoms with Crippen LogP contribution in [0.3, 0.4) is 0 Å². The molecule has 0 saturated carbocycles. The molecule has 1 atom stereocenters. The summed E-state index contributed by atoms with van der Waals surface area (Å²) in [5, 5.41) is 3.21. The van der Waals surface area contributed by atoms with Crippen molar-refractivity contribution >= 4 is 15.9 Å². The lowest BCUT2D eigenvalue weighted by molar-refractivity contribution is -0.127. The normalized spacial score (nSPS) is 21.7. The first-order valence-corrected chi connectivity index (χ1v) is 12.3. The van der Waals surface area contributed by atoms with Crippen LogP contribution >= 0.6 is 0 Å². The highest BCUT2D eigenvalue weighted by atomic mass is 32.2. The Balaban J connectivity index is 1.40. The van der Waals surface area contributed by atoms with Crippen LogP contribution in [0.1, 0.15) is 32.3 Å². The molecule has 1 N–H and O–H groups in total. The number of piperazine rings is 1. The highest BCUT2D eigenvalue weighted by molar-refractivity contribution is 7.89. The van der Waals surface area contributed by atoms with Gasteiger partial charge in [-0.1, -0.05) is 30.3 Å². The average Bonchev–Trinajstić information content (AvgIpc) is 2.75. The smallest absolute Gasteiger partial charge is 0.237 e. The van der Waals surface area contributed by atoms with Gasteiger partial charge in [-0.25, -0.2) is 8.42 Å². The Morgan fingerprint density at radius 1 is 1.07 bits per heavy atom. The molecule has 0 spiro atoms. The Bertz CT molecular complexity index is 755. The molecule has 1 unspecified atom stereocenters. The van der Waals surface area contributed by atoms with E-state index in [1.807, 2.05) is 13.0 Å². The number of hydrogen-bond acceptors (Lipinski definition) is 5. The number of benzene rings is 1. The SMILES string of the molecule is CCS(=O)(=O)N1CCN(C(C)C(=O)NC2CCN(Cc3ccccc3)CC2)CC1. The lowest BCUT2D eigenvalue weighted by Crippen LogP contribution is -2.56. The summed E-state index contributed by atoms with van der Waals surface area (Å²) in [5.41, 5.74) is 1.33. The number of sulfonamides is 1. The maximum atomic E-state index is 12.7. The van der Waals surface area contributed by atoms with E-state index in [4.69, 9.17) is 0 Å². The molecule has 0 radical (unpaired) electrons. The summed E-state index contributed by atoms with van der Waals surface area (Å²) in [6, 6.07) is 10.5. The van der Waals surface area contributed by atoms with Crippen LogP contribution in [0.4, 0.5) is 0 Å². The van der Waals surface area contributed by atoms with Gasteiger partial charge in [0.05, 0.1) is 11.8 Å². The van der Waals surface area contributed by atoms with Gasteiger partial charge in [-0.15, -0.1) is 0 Å². The number of likely N-dealkylation sites (tertiary alicyclic amines) is 1. The molecule has 2 saturated heterocycles. The highest BCUT2D eigenvalue weighted by Gasteiger charge is 2.31. The van der Waals surface area contributed by atoms with Crippen LogP contribution in [0.2, 0.25) is 0 Å². The fourth-order valence-corrected chi connectivity index (χ4v) is 5.20. The van der Waals surface area contributed by atoms with Crippen LogP contribution in [0.25, 0.3) is 0 Å². The second-order valence-corrected chi connectivity index (χ2v) is 10.3. The molecular formula is C21H34N4O3S. The molecule has 162 valence electrons. The van der Waals surface area contributed by atoms with Crippen LogP contribution in [-0.2, 0) is 21.4 Å². The van der Waals surface area contributed by atoms with Gasteiger partial charge in [0.25, 0.3) is 0 Å². The molecule has 0 aliphatic carbocycles. The number of rotatable bonds is 7. The van der Waals surface area contributed by atoms with Crippen molar-refractivity contribution in [2.24, 2.45) is 0 Å². The van der Waals surface area contributed by atoms with Gasteiger partial charge in [0, 0.05) is 51.9 Å². The first kappa shape index (κ1) is 22.2. The quantitative estimate of drug-likeness (QED) is 0.713.